The van der Waals surface area contributed by atoms with E-state index in [4.69, 9.17) is 0 Å². The molecule has 104 valence electrons. The van der Waals surface area contributed by atoms with Crippen molar-refractivity contribution in [1.29, 1.82) is 0 Å². The number of carbonyl (C=O) groups excluding carboxylic acids is 1. The minimum Gasteiger partial charge on any atom is -0.385 e. The number of nitrogens with one attached hydrogen (secondary N) is 1. The molecule has 0 bridgehead atoms. The lowest BCUT2D eigenvalue weighted by atomic mass is 9.89. The summed E-state index contributed by atoms with van der Waals surface area (Å²) in [5.74, 6) is 0.244. The van der Waals surface area contributed by atoms with Crippen LogP contribution in [0.2, 0.25) is 0 Å². The van der Waals surface area contributed by atoms with Gasteiger partial charge in [0.25, 0.3) is 0 Å². The molecule has 19 heavy (non-hydrogen) atoms. The predicted molar refractivity (Wildman–Crippen MR) is 79.4 cm³/mol. The first kappa shape index (κ1) is 13.9. The number of para-hydroxylation sites is 1. The van der Waals surface area contributed by atoms with Crippen molar-refractivity contribution >= 4 is 11.6 Å². The lowest BCUT2D eigenvalue weighted by molar-refractivity contribution is -0.132. The Labute approximate surface area is 116 Å². The van der Waals surface area contributed by atoms with Crippen LogP contribution in [0.3, 0.4) is 0 Å². The van der Waals surface area contributed by atoms with Crippen LogP contribution in [0.1, 0.15) is 38.7 Å². The Hall–Kier alpha value is -1.51. The average Bonchev–Trinajstić information content (AvgIpc) is 2.35. The molecule has 3 nitrogen and oxygen atoms in total. The van der Waals surface area contributed by atoms with E-state index in [1.54, 1.807) is 0 Å². The first-order valence-electron chi connectivity index (χ1n) is 6.96. The van der Waals surface area contributed by atoms with Crippen molar-refractivity contribution in [2.24, 2.45) is 5.41 Å². The van der Waals surface area contributed by atoms with E-state index >= 15 is 0 Å². The van der Waals surface area contributed by atoms with Gasteiger partial charge in [-0.3, -0.25) is 4.79 Å². The lowest BCUT2D eigenvalue weighted by Gasteiger charge is -2.32. The van der Waals surface area contributed by atoms with Gasteiger partial charge in [-0.05, 0) is 23.5 Å². The van der Waals surface area contributed by atoms with E-state index in [0.717, 1.165) is 30.8 Å². The molecule has 1 aromatic rings. The zero-order valence-electron chi connectivity index (χ0n) is 12.4. The Balaban J connectivity index is 2.17. The number of hydrogen-bond donors (Lipinski definition) is 1. The van der Waals surface area contributed by atoms with Crippen LogP contribution in [-0.2, 0) is 4.79 Å². The SMILES string of the molecule is CN(CC(C)(C)C)C(=O)C1CCNc2ccccc21. The highest BCUT2D eigenvalue weighted by Crippen LogP contribution is 2.32. The third-order valence-electron chi connectivity index (χ3n) is 3.47. The van der Waals surface area contributed by atoms with Gasteiger partial charge < -0.3 is 10.2 Å². The third-order valence-corrected chi connectivity index (χ3v) is 3.47. The highest BCUT2D eigenvalue weighted by atomic mass is 16.2. The maximum Gasteiger partial charge on any atom is 0.230 e. The van der Waals surface area contributed by atoms with Gasteiger partial charge in [-0.25, -0.2) is 0 Å². The fourth-order valence-corrected chi connectivity index (χ4v) is 2.78. The quantitative estimate of drug-likeness (QED) is 0.886. The zero-order valence-corrected chi connectivity index (χ0v) is 12.4. The summed E-state index contributed by atoms with van der Waals surface area (Å²) >= 11 is 0. The Bertz CT molecular complexity index is 462. The van der Waals surface area contributed by atoms with E-state index < -0.39 is 0 Å². The Morgan fingerprint density at radius 2 is 2.05 bits per heavy atom. The summed E-state index contributed by atoms with van der Waals surface area (Å²) in [7, 11) is 1.91. The number of carbonyl (C=O) groups is 1. The molecule has 0 aliphatic carbocycles. The molecular formula is C16H24N2O. The third kappa shape index (κ3) is 3.28. The van der Waals surface area contributed by atoms with Gasteiger partial charge >= 0.3 is 0 Å². The monoisotopic (exact) mass is 260 g/mol. The molecule has 0 radical (unpaired) electrons. The van der Waals surface area contributed by atoms with Crippen molar-refractivity contribution in [3.8, 4) is 0 Å². The lowest BCUT2D eigenvalue weighted by Crippen LogP contribution is -2.39. The molecule has 3 heteroatoms. The van der Waals surface area contributed by atoms with E-state index in [1.165, 1.54) is 0 Å². The molecule has 1 aromatic carbocycles. The van der Waals surface area contributed by atoms with E-state index in [-0.39, 0.29) is 17.2 Å². The normalized spacial score (nSPS) is 18.4. The van der Waals surface area contributed by atoms with Crippen LogP contribution in [0, 0.1) is 5.41 Å². The highest BCUT2D eigenvalue weighted by Gasteiger charge is 2.29. The van der Waals surface area contributed by atoms with Gasteiger partial charge in [0.15, 0.2) is 0 Å². The standard InChI is InChI=1S/C16H24N2O/c1-16(2,3)11-18(4)15(19)13-9-10-17-14-8-6-5-7-12(13)14/h5-8,13,17H,9-11H2,1-4H3. The number of rotatable bonds is 2. The summed E-state index contributed by atoms with van der Waals surface area (Å²) in [4.78, 5) is 14.5. The van der Waals surface area contributed by atoms with Crippen molar-refractivity contribution in [2.45, 2.75) is 33.1 Å². The second kappa shape index (κ2) is 5.24. The van der Waals surface area contributed by atoms with Crippen molar-refractivity contribution in [3.63, 3.8) is 0 Å². The maximum atomic E-state index is 12.6. The van der Waals surface area contributed by atoms with Crippen LogP contribution in [0.25, 0.3) is 0 Å². The first-order chi connectivity index (χ1) is 8.88. The average molecular weight is 260 g/mol. The minimum atomic E-state index is 0.00444. The summed E-state index contributed by atoms with van der Waals surface area (Å²) < 4.78 is 0. The van der Waals surface area contributed by atoms with Gasteiger partial charge in [0.1, 0.15) is 0 Å². The Morgan fingerprint density at radius 3 is 2.74 bits per heavy atom. The van der Waals surface area contributed by atoms with E-state index in [9.17, 15) is 4.79 Å². The summed E-state index contributed by atoms with van der Waals surface area (Å²) in [6, 6.07) is 8.14. The molecule has 0 aromatic heterocycles. The summed E-state index contributed by atoms with van der Waals surface area (Å²) in [5.41, 5.74) is 2.38. The van der Waals surface area contributed by atoms with Gasteiger partial charge in [0, 0.05) is 25.8 Å². The molecule has 1 N–H and O–H groups in total. The van der Waals surface area contributed by atoms with Crippen LogP contribution in [0.5, 0.6) is 0 Å². The molecule has 0 fully saturated rings. The molecule has 0 spiro atoms. The predicted octanol–water partition coefficient (Wildman–Crippen LogP) is 3.09. The van der Waals surface area contributed by atoms with Crippen LogP contribution in [0.4, 0.5) is 5.69 Å². The smallest absolute Gasteiger partial charge is 0.230 e. The summed E-state index contributed by atoms with van der Waals surface area (Å²) in [6.07, 6.45) is 0.879. The minimum absolute atomic E-state index is 0.00444. The fraction of sp³-hybridized carbons (Fsp3) is 0.562. The highest BCUT2D eigenvalue weighted by molar-refractivity contribution is 5.86. The van der Waals surface area contributed by atoms with Crippen molar-refractivity contribution in [2.75, 3.05) is 25.5 Å². The van der Waals surface area contributed by atoms with Crippen LogP contribution < -0.4 is 5.32 Å². The van der Waals surface area contributed by atoms with Crippen molar-refractivity contribution in [3.05, 3.63) is 29.8 Å². The number of fused-ring (bicyclic) bond motifs is 1. The van der Waals surface area contributed by atoms with Crippen LogP contribution >= 0.6 is 0 Å². The maximum absolute atomic E-state index is 12.6. The van der Waals surface area contributed by atoms with Gasteiger partial charge in [0.05, 0.1) is 5.92 Å². The van der Waals surface area contributed by atoms with Gasteiger partial charge in [-0.15, -0.1) is 0 Å². The van der Waals surface area contributed by atoms with Crippen LogP contribution in [-0.4, -0.2) is 30.9 Å². The second-order valence-electron chi connectivity index (χ2n) is 6.61. The van der Waals surface area contributed by atoms with Crippen molar-refractivity contribution < 1.29 is 4.79 Å². The largest absolute Gasteiger partial charge is 0.385 e. The first-order valence-corrected chi connectivity index (χ1v) is 6.96. The summed E-state index contributed by atoms with van der Waals surface area (Å²) in [6.45, 7) is 8.14. The Kier molecular flexibility index (Phi) is 3.83. The number of benzene rings is 1. The Morgan fingerprint density at radius 1 is 1.37 bits per heavy atom. The molecule has 0 saturated carbocycles. The number of likely N-dealkylation sites (N-methyl/N-ethyl adjacent to an activating group) is 1. The number of anilines is 1. The molecule has 2 rings (SSSR count). The molecule has 1 atom stereocenters. The molecule has 1 heterocycles. The topological polar surface area (TPSA) is 32.3 Å². The van der Waals surface area contributed by atoms with Gasteiger partial charge in [-0.1, -0.05) is 39.0 Å². The zero-order chi connectivity index (χ0) is 14.0. The second-order valence-corrected chi connectivity index (χ2v) is 6.61. The molecule has 1 unspecified atom stereocenters. The van der Waals surface area contributed by atoms with E-state index in [2.05, 4.69) is 38.2 Å². The van der Waals surface area contributed by atoms with Crippen molar-refractivity contribution in [1.82, 2.24) is 4.90 Å². The number of nitrogens with zero attached hydrogens (tertiary/aromatic N) is 1. The molecule has 1 aliphatic rings. The fourth-order valence-electron chi connectivity index (χ4n) is 2.78. The van der Waals surface area contributed by atoms with Gasteiger partial charge in [-0.2, -0.15) is 0 Å². The van der Waals surface area contributed by atoms with E-state index in [0.29, 0.717) is 0 Å². The van der Waals surface area contributed by atoms with E-state index in [1.807, 2.05) is 24.1 Å². The van der Waals surface area contributed by atoms with Crippen LogP contribution in [0.15, 0.2) is 24.3 Å². The molecule has 0 saturated heterocycles. The number of amides is 1. The summed E-state index contributed by atoms with van der Waals surface area (Å²) in [5, 5.41) is 3.36. The molecule has 1 aliphatic heterocycles. The molecule has 1 amide bonds. The van der Waals surface area contributed by atoms with Gasteiger partial charge in [0.2, 0.25) is 5.91 Å². The molecular weight excluding hydrogens is 236 g/mol. The number of hydrogen-bond acceptors (Lipinski definition) is 2.